The number of amides is 1. The van der Waals surface area contributed by atoms with Crippen LogP contribution in [0.15, 0.2) is 12.1 Å². The van der Waals surface area contributed by atoms with E-state index in [4.69, 9.17) is 17.3 Å². The maximum Gasteiger partial charge on any atom is 0.248 e. The minimum atomic E-state index is -0.508. The van der Waals surface area contributed by atoms with E-state index >= 15 is 0 Å². The smallest absolute Gasteiger partial charge is 0.248 e. The molecule has 0 aromatic carbocycles. The summed E-state index contributed by atoms with van der Waals surface area (Å²) in [6, 6.07) is 3.21. The lowest BCUT2D eigenvalue weighted by atomic mass is 9.89. The lowest BCUT2D eigenvalue weighted by molar-refractivity contribution is 0.100. The number of halogens is 1. The standard InChI is InChI=1S/C13H15ClN4O/c14-10-6-9(12(15)19)7-11-16-17-13(18(10)11)8-4-2-1-3-5-8/h6-8H,1-5H2,(H2,15,19). The SMILES string of the molecule is NC(=O)c1cc(Cl)n2c(C3CCCCC3)nnc2c1. The van der Waals surface area contributed by atoms with E-state index in [9.17, 15) is 4.79 Å². The number of carbonyl (C=O) groups is 1. The highest BCUT2D eigenvalue weighted by Gasteiger charge is 2.22. The van der Waals surface area contributed by atoms with Crippen molar-refractivity contribution in [2.45, 2.75) is 38.0 Å². The molecule has 1 aliphatic carbocycles. The van der Waals surface area contributed by atoms with Gasteiger partial charge >= 0.3 is 0 Å². The molecule has 0 aliphatic heterocycles. The van der Waals surface area contributed by atoms with Crippen LogP contribution >= 0.6 is 11.6 Å². The molecule has 0 saturated heterocycles. The summed E-state index contributed by atoms with van der Waals surface area (Å²) in [6.07, 6.45) is 5.96. The maximum absolute atomic E-state index is 11.2. The first-order valence-corrected chi connectivity index (χ1v) is 6.89. The Labute approximate surface area is 115 Å². The zero-order valence-corrected chi connectivity index (χ0v) is 11.2. The normalized spacial score (nSPS) is 16.9. The highest BCUT2D eigenvalue weighted by molar-refractivity contribution is 6.30. The molecule has 100 valence electrons. The topological polar surface area (TPSA) is 73.3 Å². The summed E-state index contributed by atoms with van der Waals surface area (Å²) in [7, 11) is 0. The summed E-state index contributed by atoms with van der Waals surface area (Å²) >= 11 is 6.25. The number of nitrogens with two attached hydrogens (primary N) is 1. The zero-order chi connectivity index (χ0) is 13.4. The number of hydrogen-bond acceptors (Lipinski definition) is 3. The fraction of sp³-hybridized carbons (Fsp3) is 0.462. The van der Waals surface area contributed by atoms with Gasteiger partial charge in [-0.15, -0.1) is 10.2 Å². The number of rotatable bonds is 2. The fourth-order valence-corrected chi connectivity index (χ4v) is 3.05. The Kier molecular flexibility index (Phi) is 3.14. The molecule has 5 nitrogen and oxygen atoms in total. The van der Waals surface area contributed by atoms with Crippen molar-refractivity contribution in [2.24, 2.45) is 5.73 Å². The Hall–Kier alpha value is -1.62. The lowest BCUT2D eigenvalue weighted by Crippen LogP contribution is -2.13. The van der Waals surface area contributed by atoms with E-state index in [0.717, 1.165) is 18.7 Å². The highest BCUT2D eigenvalue weighted by Crippen LogP contribution is 2.33. The minimum Gasteiger partial charge on any atom is -0.366 e. The molecular formula is C13H15ClN4O. The van der Waals surface area contributed by atoms with Gasteiger partial charge in [0.15, 0.2) is 5.65 Å². The van der Waals surface area contributed by atoms with Crippen LogP contribution in [0.2, 0.25) is 5.15 Å². The average Bonchev–Trinajstić information content (AvgIpc) is 2.84. The second kappa shape index (κ2) is 4.81. The molecule has 19 heavy (non-hydrogen) atoms. The maximum atomic E-state index is 11.2. The molecule has 0 bridgehead atoms. The molecule has 2 aromatic rings. The van der Waals surface area contributed by atoms with Gasteiger partial charge in [-0.25, -0.2) is 0 Å². The summed E-state index contributed by atoms with van der Waals surface area (Å²) in [6.45, 7) is 0. The number of fused-ring (bicyclic) bond motifs is 1. The Morgan fingerprint density at radius 3 is 2.68 bits per heavy atom. The third-order valence-electron chi connectivity index (χ3n) is 3.74. The van der Waals surface area contributed by atoms with Crippen molar-refractivity contribution >= 4 is 23.2 Å². The van der Waals surface area contributed by atoms with Gasteiger partial charge in [0.1, 0.15) is 11.0 Å². The molecule has 0 atom stereocenters. The van der Waals surface area contributed by atoms with E-state index in [1.807, 2.05) is 4.40 Å². The monoisotopic (exact) mass is 278 g/mol. The number of aromatic nitrogens is 3. The van der Waals surface area contributed by atoms with Gasteiger partial charge in [0.2, 0.25) is 5.91 Å². The van der Waals surface area contributed by atoms with Crippen molar-refractivity contribution in [2.75, 3.05) is 0 Å². The van der Waals surface area contributed by atoms with Crippen molar-refractivity contribution < 1.29 is 4.79 Å². The van der Waals surface area contributed by atoms with E-state index in [-0.39, 0.29) is 0 Å². The summed E-state index contributed by atoms with van der Waals surface area (Å²) in [5.41, 5.74) is 6.21. The molecule has 1 saturated carbocycles. The van der Waals surface area contributed by atoms with E-state index < -0.39 is 5.91 Å². The van der Waals surface area contributed by atoms with Gasteiger partial charge in [-0.1, -0.05) is 30.9 Å². The Morgan fingerprint density at radius 1 is 1.26 bits per heavy atom. The number of pyridine rings is 1. The second-order valence-corrected chi connectivity index (χ2v) is 5.40. The molecular weight excluding hydrogens is 264 g/mol. The molecule has 6 heteroatoms. The van der Waals surface area contributed by atoms with E-state index in [0.29, 0.717) is 22.3 Å². The quantitative estimate of drug-likeness (QED) is 0.858. The van der Waals surface area contributed by atoms with Gasteiger partial charge < -0.3 is 5.73 Å². The average molecular weight is 279 g/mol. The first-order chi connectivity index (χ1) is 9.16. The van der Waals surface area contributed by atoms with Crippen LogP contribution < -0.4 is 5.73 Å². The second-order valence-electron chi connectivity index (χ2n) is 5.02. The zero-order valence-electron chi connectivity index (χ0n) is 10.5. The fourth-order valence-electron chi connectivity index (χ4n) is 2.76. The third-order valence-corrected chi connectivity index (χ3v) is 4.02. The molecule has 2 aromatic heterocycles. The van der Waals surface area contributed by atoms with Crippen LogP contribution in [0.3, 0.4) is 0 Å². The first kappa shape index (κ1) is 12.4. The van der Waals surface area contributed by atoms with Crippen molar-refractivity contribution in [3.8, 4) is 0 Å². The summed E-state index contributed by atoms with van der Waals surface area (Å²) in [4.78, 5) is 11.2. The van der Waals surface area contributed by atoms with Crippen molar-refractivity contribution in [3.63, 3.8) is 0 Å². The molecule has 1 fully saturated rings. The predicted octanol–water partition coefficient (Wildman–Crippen LogP) is 2.53. The Balaban J connectivity index is 2.09. The Bertz CT molecular complexity index is 631. The van der Waals surface area contributed by atoms with Crippen molar-refractivity contribution in [1.82, 2.24) is 14.6 Å². The van der Waals surface area contributed by atoms with Crippen molar-refractivity contribution in [3.05, 3.63) is 28.7 Å². The van der Waals surface area contributed by atoms with Crippen LogP contribution in [-0.2, 0) is 0 Å². The van der Waals surface area contributed by atoms with E-state index in [2.05, 4.69) is 10.2 Å². The number of nitrogens with zero attached hydrogens (tertiary/aromatic N) is 3. The number of primary amides is 1. The molecule has 2 heterocycles. The van der Waals surface area contributed by atoms with Crippen LogP contribution in [-0.4, -0.2) is 20.5 Å². The summed E-state index contributed by atoms with van der Waals surface area (Å²) in [5.74, 6) is 0.794. The van der Waals surface area contributed by atoms with Crippen molar-refractivity contribution in [1.29, 1.82) is 0 Å². The van der Waals surface area contributed by atoms with Crippen LogP contribution in [0.1, 0.15) is 54.2 Å². The van der Waals surface area contributed by atoms with Gasteiger partial charge in [-0.3, -0.25) is 9.20 Å². The third kappa shape index (κ3) is 2.18. The van der Waals surface area contributed by atoms with Gasteiger partial charge in [-0.2, -0.15) is 0 Å². The van der Waals surface area contributed by atoms with Crippen LogP contribution in [0.4, 0.5) is 0 Å². The molecule has 2 N–H and O–H groups in total. The van der Waals surface area contributed by atoms with Gasteiger partial charge in [0.05, 0.1) is 0 Å². The largest absolute Gasteiger partial charge is 0.366 e. The first-order valence-electron chi connectivity index (χ1n) is 6.51. The van der Waals surface area contributed by atoms with E-state index in [1.54, 1.807) is 12.1 Å². The lowest BCUT2D eigenvalue weighted by Gasteiger charge is -2.20. The molecule has 3 rings (SSSR count). The van der Waals surface area contributed by atoms with E-state index in [1.165, 1.54) is 19.3 Å². The Morgan fingerprint density at radius 2 is 2.00 bits per heavy atom. The predicted molar refractivity (Wildman–Crippen MR) is 72.3 cm³/mol. The van der Waals surface area contributed by atoms with Crippen LogP contribution in [0, 0.1) is 0 Å². The number of hydrogen-bond donors (Lipinski definition) is 1. The van der Waals surface area contributed by atoms with Gasteiger partial charge in [0.25, 0.3) is 0 Å². The van der Waals surface area contributed by atoms with Gasteiger partial charge in [-0.05, 0) is 25.0 Å². The molecule has 1 aliphatic rings. The molecule has 1 amide bonds. The van der Waals surface area contributed by atoms with Crippen LogP contribution in [0.25, 0.3) is 5.65 Å². The molecule has 0 unspecified atom stereocenters. The molecule has 0 radical (unpaired) electrons. The number of carbonyl (C=O) groups excluding carboxylic acids is 1. The minimum absolute atomic E-state index is 0.361. The summed E-state index contributed by atoms with van der Waals surface area (Å²) < 4.78 is 1.82. The molecule has 0 spiro atoms. The van der Waals surface area contributed by atoms with Crippen LogP contribution in [0.5, 0.6) is 0 Å². The van der Waals surface area contributed by atoms with Gasteiger partial charge in [0, 0.05) is 11.5 Å². The summed E-state index contributed by atoms with van der Waals surface area (Å²) in [5, 5.41) is 8.82. The highest BCUT2D eigenvalue weighted by atomic mass is 35.5.